The minimum absolute atomic E-state index is 0.0174. The summed E-state index contributed by atoms with van der Waals surface area (Å²) in [6.07, 6.45) is 4.56. The highest BCUT2D eigenvalue weighted by atomic mass is 17.2. The van der Waals surface area contributed by atoms with Gasteiger partial charge in [-0.3, -0.25) is 19.4 Å². The highest BCUT2D eigenvalue weighted by molar-refractivity contribution is 6.05. The van der Waals surface area contributed by atoms with Gasteiger partial charge in [-0.2, -0.15) is 4.89 Å². The van der Waals surface area contributed by atoms with Crippen LogP contribution in [0.3, 0.4) is 0 Å². The van der Waals surface area contributed by atoms with Crippen molar-refractivity contribution in [3.8, 4) is 0 Å². The van der Waals surface area contributed by atoms with E-state index in [-0.39, 0.29) is 36.8 Å². The number of imide groups is 1. The fourth-order valence-electron chi connectivity index (χ4n) is 2.71. The van der Waals surface area contributed by atoms with Crippen molar-refractivity contribution in [3.05, 3.63) is 12.7 Å². The average Bonchev–Trinajstić information content (AvgIpc) is 2.68. The first-order chi connectivity index (χ1) is 9.15. The zero-order valence-electron chi connectivity index (χ0n) is 10.7. The van der Waals surface area contributed by atoms with Crippen LogP contribution in [-0.2, 0) is 24.2 Å². The number of hydrogen-bond donors (Lipinski definition) is 0. The molecule has 19 heavy (non-hydrogen) atoms. The second-order valence-electron chi connectivity index (χ2n) is 4.75. The van der Waals surface area contributed by atoms with E-state index >= 15 is 0 Å². The minimum Gasteiger partial charge on any atom is -0.293 e. The summed E-state index contributed by atoms with van der Waals surface area (Å²) in [5.74, 6) is -1.25. The highest BCUT2D eigenvalue weighted by Gasteiger charge is 2.47. The third-order valence-electron chi connectivity index (χ3n) is 3.64. The van der Waals surface area contributed by atoms with E-state index in [1.54, 1.807) is 0 Å². The Hall–Kier alpha value is -1.69. The molecule has 0 aromatic rings. The molecule has 0 aromatic carbocycles. The molecule has 1 saturated carbocycles. The smallest absolute Gasteiger partial charge is 0.293 e. The van der Waals surface area contributed by atoms with E-state index in [4.69, 9.17) is 0 Å². The number of likely N-dealkylation sites (tertiary alicyclic amines) is 1. The maximum atomic E-state index is 12.1. The van der Waals surface area contributed by atoms with Crippen molar-refractivity contribution in [2.24, 2.45) is 11.8 Å². The van der Waals surface area contributed by atoms with Gasteiger partial charge < -0.3 is 0 Å². The Kier molecular flexibility index (Phi) is 4.31. The summed E-state index contributed by atoms with van der Waals surface area (Å²) in [4.78, 5) is 45.0. The summed E-state index contributed by atoms with van der Waals surface area (Å²) >= 11 is 0. The molecule has 0 bridgehead atoms. The third kappa shape index (κ3) is 2.84. The van der Waals surface area contributed by atoms with Gasteiger partial charge in [-0.15, -0.1) is 0 Å². The monoisotopic (exact) mass is 267 g/mol. The third-order valence-corrected chi connectivity index (χ3v) is 3.64. The van der Waals surface area contributed by atoms with Crippen molar-refractivity contribution in [3.63, 3.8) is 0 Å². The predicted molar refractivity (Wildman–Crippen MR) is 64.4 cm³/mol. The molecule has 2 fully saturated rings. The van der Waals surface area contributed by atoms with Gasteiger partial charge in [0, 0.05) is 6.08 Å². The fourth-order valence-corrected chi connectivity index (χ4v) is 2.71. The molecule has 0 spiro atoms. The topological polar surface area (TPSA) is 72.9 Å². The number of rotatable bonds is 5. The number of carbonyl (C=O) groups excluding carboxylic acids is 3. The van der Waals surface area contributed by atoms with E-state index < -0.39 is 5.97 Å². The van der Waals surface area contributed by atoms with Gasteiger partial charge in [0.25, 0.3) is 0 Å². The van der Waals surface area contributed by atoms with Gasteiger partial charge in [0.15, 0.2) is 0 Å². The summed E-state index contributed by atoms with van der Waals surface area (Å²) in [5, 5.41) is 0. The zero-order valence-corrected chi connectivity index (χ0v) is 10.7. The number of amides is 2. The molecule has 2 amide bonds. The van der Waals surface area contributed by atoms with Gasteiger partial charge in [0.2, 0.25) is 11.8 Å². The summed E-state index contributed by atoms with van der Waals surface area (Å²) < 4.78 is 0. The summed E-state index contributed by atoms with van der Waals surface area (Å²) in [5.41, 5.74) is 0. The zero-order chi connectivity index (χ0) is 13.8. The average molecular weight is 267 g/mol. The quantitative estimate of drug-likeness (QED) is 0.242. The van der Waals surface area contributed by atoms with Crippen LogP contribution in [0.1, 0.15) is 25.7 Å². The van der Waals surface area contributed by atoms with Crippen molar-refractivity contribution in [2.45, 2.75) is 25.7 Å². The van der Waals surface area contributed by atoms with Gasteiger partial charge in [-0.05, 0) is 12.8 Å². The second-order valence-corrected chi connectivity index (χ2v) is 4.75. The lowest BCUT2D eigenvalue weighted by Crippen LogP contribution is -2.34. The molecule has 2 aliphatic rings. The maximum Gasteiger partial charge on any atom is 0.365 e. The molecule has 1 aliphatic carbocycles. The Labute approximate surface area is 111 Å². The minimum atomic E-state index is -0.701. The van der Waals surface area contributed by atoms with Crippen molar-refractivity contribution in [1.29, 1.82) is 0 Å². The largest absolute Gasteiger partial charge is 0.365 e. The van der Waals surface area contributed by atoms with Crippen LogP contribution in [0.5, 0.6) is 0 Å². The lowest BCUT2D eigenvalue weighted by Gasteiger charge is -2.19. The SMILES string of the molecule is C=CC(=O)OOCCN1C(=O)C2CCCCC2C1=O. The van der Waals surface area contributed by atoms with Crippen molar-refractivity contribution >= 4 is 17.8 Å². The van der Waals surface area contributed by atoms with Crippen LogP contribution in [0, 0.1) is 11.8 Å². The molecule has 2 unspecified atom stereocenters. The van der Waals surface area contributed by atoms with Gasteiger partial charge in [0.05, 0.1) is 18.4 Å². The first-order valence-corrected chi connectivity index (χ1v) is 6.46. The Morgan fingerprint density at radius 1 is 1.26 bits per heavy atom. The van der Waals surface area contributed by atoms with E-state index in [2.05, 4.69) is 16.4 Å². The van der Waals surface area contributed by atoms with Gasteiger partial charge in [-0.25, -0.2) is 4.79 Å². The van der Waals surface area contributed by atoms with Crippen molar-refractivity contribution in [2.75, 3.05) is 13.2 Å². The van der Waals surface area contributed by atoms with Gasteiger partial charge >= 0.3 is 5.97 Å². The molecule has 104 valence electrons. The molecule has 2 rings (SSSR count). The standard InChI is InChI=1S/C13H17NO5/c1-2-11(15)19-18-8-7-14-12(16)9-5-3-4-6-10(9)13(14)17/h2,9-10H,1,3-8H2. The Bertz CT molecular complexity index is 382. The molecule has 0 N–H and O–H groups in total. The number of hydrogen-bond acceptors (Lipinski definition) is 5. The van der Waals surface area contributed by atoms with Crippen LogP contribution in [0.2, 0.25) is 0 Å². The molecule has 1 heterocycles. The van der Waals surface area contributed by atoms with E-state index in [1.165, 1.54) is 4.90 Å². The number of nitrogens with zero attached hydrogens (tertiary/aromatic N) is 1. The first-order valence-electron chi connectivity index (χ1n) is 6.46. The van der Waals surface area contributed by atoms with E-state index in [1.807, 2.05) is 0 Å². The maximum absolute atomic E-state index is 12.1. The molecule has 0 radical (unpaired) electrons. The molecule has 2 atom stereocenters. The first kappa shape index (κ1) is 13.7. The summed E-state index contributed by atoms with van der Waals surface area (Å²) in [6.45, 7) is 3.32. The molecule has 1 aliphatic heterocycles. The molecular weight excluding hydrogens is 250 g/mol. The Morgan fingerprint density at radius 2 is 1.84 bits per heavy atom. The van der Waals surface area contributed by atoms with Crippen LogP contribution in [0.15, 0.2) is 12.7 Å². The Balaban J connectivity index is 1.83. The van der Waals surface area contributed by atoms with Crippen LogP contribution in [-0.4, -0.2) is 35.8 Å². The van der Waals surface area contributed by atoms with Crippen LogP contribution >= 0.6 is 0 Å². The van der Waals surface area contributed by atoms with E-state index in [0.29, 0.717) is 0 Å². The fraction of sp³-hybridized carbons (Fsp3) is 0.615. The van der Waals surface area contributed by atoms with E-state index in [0.717, 1.165) is 31.8 Å². The lowest BCUT2D eigenvalue weighted by atomic mass is 9.81. The van der Waals surface area contributed by atoms with Crippen molar-refractivity contribution < 1.29 is 24.2 Å². The van der Waals surface area contributed by atoms with Crippen LogP contribution in [0.4, 0.5) is 0 Å². The van der Waals surface area contributed by atoms with Gasteiger partial charge in [0.1, 0.15) is 6.61 Å². The molecular formula is C13H17NO5. The number of fused-ring (bicyclic) bond motifs is 1. The van der Waals surface area contributed by atoms with Crippen LogP contribution < -0.4 is 0 Å². The van der Waals surface area contributed by atoms with Crippen LogP contribution in [0.25, 0.3) is 0 Å². The Morgan fingerprint density at radius 3 is 2.37 bits per heavy atom. The lowest BCUT2D eigenvalue weighted by molar-refractivity contribution is -0.267. The molecule has 1 saturated heterocycles. The second kappa shape index (κ2) is 5.97. The normalized spacial score (nSPS) is 26.2. The van der Waals surface area contributed by atoms with Gasteiger partial charge in [-0.1, -0.05) is 19.4 Å². The summed E-state index contributed by atoms with van der Waals surface area (Å²) in [7, 11) is 0. The summed E-state index contributed by atoms with van der Waals surface area (Å²) in [6, 6.07) is 0. The molecule has 6 heteroatoms. The highest BCUT2D eigenvalue weighted by Crippen LogP contribution is 2.37. The van der Waals surface area contributed by atoms with E-state index in [9.17, 15) is 14.4 Å². The van der Waals surface area contributed by atoms with Crippen molar-refractivity contribution in [1.82, 2.24) is 4.90 Å². The molecule has 6 nitrogen and oxygen atoms in total. The predicted octanol–water partition coefficient (Wildman–Crippen LogP) is 0.822. The molecule has 0 aromatic heterocycles. The number of carbonyl (C=O) groups is 3.